The predicted molar refractivity (Wildman–Crippen MR) is 125 cm³/mol. The van der Waals surface area contributed by atoms with Gasteiger partial charge in [-0.1, -0.05) is 6.92 Å². The fourth-order valence-electron chi connectivity index (χ4n) is 4.09. The molecule has 0 aliphatic carbocycles. The molecule has 0 bridgehead atoms. The number of benzene rings is 2. The summed E-state index contributed by atoms with van der Waals surface area (Å²) in [6.07, 6.45) is 2.90. The molecule has 0 unspecified atom stereocenters. The van der Waals surface area contributed by atoms with E-state index < -0.39 is 0 Å². The van der Waals surface area contributed by atoms with Crippen LogP contribution in [-0.2, 0) is 22.4 Å². The van der Waals surface area contributed by atoms with Crippen LogP contribution < -0.4 is 21.3 Å². The van der Waals surface area contributed by atoms with Crippen molar-refractivity contribution < 1.29 is 19.2 Å². The van der Waals surface area contributed by atoms with Gasteiger partial charge in [0.05, 0.1) is 0 Å². The van der Waals surface area contributed by atoms with Gasteiger partial charge in [0.25, 0.3) is 11.8 Å². The van der Waals surface area contributed by atoms with Crippen LogP contribution in [0.25, 0.3) is 0 Å². The Balaban J connectivity index is 1.29. The summed E-state index contributed by atoms with van der Waals surface area (Å²) in [5.74, 6) is -0.261. The fourth-order valence-corrected chi connectivity index (χ4v) is 4.09. The van der Waals surface area contributed by atoms with E-state index >= 15 is 0 Å². The van der Waals surface area contributed by atoms with Crippen LogP contribution in [0.4, 0.5) is 11.4 Å². The van der Waals surface area contributed by atoms with Crippen LogP contribution in [0.5, 0.6) is 0 Å². The third kappa shape index (κ3) is 5.39. The van der Waals surface area contributed by atoms with Gasteiger partial charge >= 0.3 is 0 Å². The van der Waals surface area contributed by atoms with E-state index in [2.05, 4.69) is 21.3 Å². The number of anilines is 2. The molecular formula is C25H28N4O4. The van der Waals surface area contributed by atoms with Gasteiger partial charge in [-0.25, -0.2) is 0 Å². The summed E-state index contributed by atoms with van der Waals surface area (Å²) < 4.78 is 0. The maximum Gasteiger partial charge on any atom is 0.251 e. The summed E-state index contributed by atoms with van der Waals surface area (Å²) in [6.45, 7) is 2.91. The molecule has 4 amide bonds. The summed E-state index contributed by atoms with van der Waals surface area (Å²) in [4.78, 5) is 48.2. The number of rotatable bonds is 7. The minimum atomic E-state index is -0.170. The van der Waals surface area contributed by atoms with Crippen LogP contribution in [0.1, 0.15) is 58.0 Å². The lowest BCUT2D eigenvalue weighted by Crippen LogP contribution is -2.36. The Bertz CT molecular complexity index is 1030. The quantitative estimate of drug-likeness (QED) is 0.521. The van der Waals surface area contributed by atoms with Crippen LogP contribution in [0.3, 0.4) is 0 Å². The van der Waals surface area contributed by atoms with Gasteiger partial charge < -0.3 is 21.3 Å². The van der Waals surface area contributed by atoms with E-state index in [0.29, 0.717) is 49.9 Å². The van der Waals surface area contributed by atoms with E-state index in [4.69, 9.17) is 0 Å². The zero-order chi connectivity index (χ0) is 23.4. The van der Waals surface area contributed by atoms with Crippen LogP contribution in [0.15, 0.2) is 36.4 Å². The largest absolute Gasteiger partial charge is 0.352 e. The Hall–Kier alpha value is -3.68. The van der Waals surface area contributed by atoms with Crippen molar-refractivity contribution in [3.05, 3.63) is 58.7 Å². The molecule has 0 aromatic heterocycles. The zero-order valence-corrected chi connectivity index (χ0v) is 18.6. The molecule has 33 heavy (non-hydrogen) atoms. The van der Waals surface area contributed by atoms with Crippen LogP contribution in [0.2, 0.25) is 0 Å². The van der Waals surface area contributed by atoms with E-state index in [0.717, 1.165) is 28.9 Å². The molecule has 4 rings (SSSR count). The maximum absolute atomic E-state index is 12.6. The Morgan fingerprint density at radius 1 is 0.788 bits per heavy atom. The molecule has 8 heteroatoms. The summed E-state index contributed by atoms with van der Waals surface area (Å²) in [5.41, 5.74) is 4.58. The van der Waals surface area contributed by atoms with Crippen LogP contribution >= 0.6 is 0 Å². The normalized spacial score (nSPS) is 14.6. The second-order valence-corrected chi connectivity index (χ2v) is 8.53. The van der Waals surface area contributed by atoms with Crippen molar-refractivity contribution in [1.82, 2.24) is 10.6 Å². The topological polar surface area (TPSA) is 116 Å². The third-order valence-corrected chi connectivity index (χ3v) is 6.21. The SMILES string of the molecule is CCC(CNC(=O)c1ccc2c(c1)CCC(=O)N2)CNC(=O)c1ccc2c(c1)CCC(=O)N2. The first-order valence-electron chi connectivity index (χ1n) is 11.3. The highest BCUT2D eigenvalue weighted by molar-refractivity contribution is 5.99. The van der Waals surface area contributed by atoms with E-state index in [1.165, 1.54) is 0 Å². The number of hydrogen-bond acceptors (Lipinski definition) is 4. The van der Waals surface area contributed by atoms with E-state index in [-0.39, 0.29) is 29.5 Å². The number of nitrogens with one attached hydrogen (secondary N) is 4. The standard InChI is InChI=1S/C25H28N4O4/c1-2-15(13-26-24(32)18-3-7-20-16(11-18)5-9-22(30)28-20)14-27-25(33)19-4-8-21-17(12-19)6-10-23(31)29-21/h3-4,7-8,11-12,15H,2,5-6,9-10,13-14H2,1H3,(H,26,32)(H,27,33)(H,28,30)(H,29,31). The lowest BCUT2D eigenvalue weighted by atomic mass is 9.99. The second-order valence-electron chi connectivity index (χ2n) is 8.53. The summed E-state index contributed by atoms with van der Waals surface area (Å²) in [6, 6.07) is 10.6. The van der Waals surface area contributed by atoms with Gasteiger partial charge in [0, 0.05) is 48.4 Å². The number of aryl methyl sites for hydroxylation is 2. The average Bonchev–Trinajstić information content (AvgIpc) is 2.83. The van der Waals surface area contributed by atoms with Crippen molar-refractivity contribution in [1.29, 1.82) is 0 Å². The van der Waals surface area contributed by atoms with Gasteiger partial charge in [-0.05, 0) is 72.7 Å². The van der Waals surface area contributed by atoms with Crippen LogP contribution in [-0.4, -0.2) is 36.7 Å². The van der Waals surface area contributed by atoms with Crippen molar-refractivity contribution in [2.45, 2.75) is 39.0 Å². The Kier molecular flexibility index (Phi) is 6.72. The minimum Gasteiger partial charge on any atom is -0.352 e. The molecule has 0 saturated heterocycles. The van der Waals surface area contributed by atoms with E-state index in [1.54, 1.807) is 24.3 Å². The van der Waals surface area contributed by atoms with Gasteiger partial charge in [-0.15, -0.1) is 0 Å². The molecule has 8 nitrogen and oxygen atoms in total. The molecule has 2 heterocycles. The van der Waals surface area contributed by atoms with Crippen molar-refractivity contribution in [3.8, 4) is 0 Å². The van der Waals surface area contributed by atoms with Gasteiger partial charge in [-0.3, -0.25) is 19.2 Å². The maximum atomic E-state index is 12.6. The number of carbonyl (C=O) groups is 4. The lowest BCUT2D eigenvalue weighted by Gasteiger charge is -2.19. The van der Waals surface area contributed by atoms with Crippen LogP contribution in [0, 0.1) is 5.92 Å². The number of amides is 4. The summed E-state index contributed by atoms with van der Waals surface area (Å²) >= 11 is 0. The highest BCUT2D eigenvalue weighted by atomic mass is 16.2. The Morgan fingerprint density at radius 2 is 1.24 bits per heavy atom. The Labute approximate surface area is 192 Å². The molecular weight excluding hydrogens is 420 g/mol. The highest BCUT2D eigenvalue weighted by Crippen LogP contribution is 2.24. The first kappa shape index (κ1) is 22.5. The van der Waals surface area contributed by atoms with Crippen molar-refractivity contribution in [2.75, 3.05) is 23.7 Å². The van der Waals surface area contributed by atoms with E-state index in [9.17, 15) is 19.2 Å². The predicted octanol–water partition coefficient (Wildman–Crippen LogP) is 2.64. The zero-order valence-electron chi connectivity index (χ0n) is 18.6. The molecule has 2 aliphatic heterocycles. The molecule has 2 aliphatic rings. The fraction of sp³-hybridized carbons (Fsp3) is 0.360. The monoisotopic (exact) mass is 448 g/mol. The van der Waals surface area contributed by atoms with Gasteiger partial charge in [0.1, 0.15) is 0 Å². The molecule has 2 aromatic rings. The average molecular weight is 449 g/mol. The number of hydrogen-bond donors (Lipinski definition) is 4. The number of carbonyl (C=O) groups excluding carboxylic acids is 4. The molecule has 2 aromatic carbocycles. The van der Waals surface area contributed by atoms with Crippen molar-refractivity contribution in [3.63, 3.8) is 0 Å². The molecule has 172 valence electrons. The summed E-state index contributed by atoms with van der Waals surface area (Å²) in [5, 5.41) is 11.5. The molecule has 0 spiro atoms. The second kappa shape index (κ2) is 9.85. The molecule has 0 radical (unpaired) electrons. The minimum absolute atomic E-state index is 0.00492. The van der Waals surface area contributed by atoms with Gasteiger partial charge in [0.15, 0.2) is 0 Å². The summed E-state index contributed by atoms with van der Waals surface area (Å²) in [7, 11) is 0. The lowest BCUT2D eigenvalue weighted by molar-refractivity contribution is -0.117. The van der Waals surface area contributed by atoms with E-state index in [1.807, 2.05) is 19.1 Å². The van der Waals surface area contributed by atoms with Gasteiger partial charge in [-0.2, -0.15) is 0 Å². The highest BCUT2D eigenvalue weighted by Gasteiger charge is 2.19. The van der Waals surface area contributed by atoms with Crippen molar-refractivity contribution in [2.24, 2.45) is 5.92 Å². The molecule has 0 saturated carbocycles. The van der Waals surface area contributed by atoms with Gasteiger partial charge in [0.2, 0.25) is 11.8 Å². The number of fused-ring (bicyclic) bond motifs is 2. The van der Waals surface area contributed by atoms with Crippen molar-refractivity contribution >= 4 is 35.0 Å². The smallest absolute Gasteiger partial charge is 0.251 e. The molecule has 4 N–H and O–H groups in total. The first-order chi connectivity index (χ1) is 15.9. The first-order valence-corrected chi connectivity index (χ1v) is 11.3. The Morgan fingerprint density at radius 3 is 1.67 bits per heavy atom. The molecule has 0 atom stereocenters. The third-order valence-electron chi connectivity index (χ3n) is 6.21. The molecule has 0 fully saturated rings.